The van der Waals surface area contributed by atoms with Crippen LogP contribution in [0.4, 0.5) is 0 Å². The molecule has 3 heterocycles. The molecule has 6 nitrogen and oxygen atoms in total. The first-order chi connectivity index (χ1) is 12.6. The second kappa shape index (κ2) is 7.30. The van der Waals surface area contributed by atoms with Gasteiger partial charge in [-0.3, -0.25) is 4.79 Å². The third-order valence-electron chi connectivity index (χ3n) is 3.85. The Bertz CT molecular complexity index is 956. The number of Topliss-reactive ketones (excluding diaryl/α,β-unsaturated/α-hetero) is 1. The van der Waals surface area contributed by atoms with Gasteiger partial charge in [0, 0.05) is 7.05 Å². The van der Waals surface area contributed by atoms with E-state index >= 15 is 0 Å². The highest BCUT2D eigenvalue weighted by Gasteiger charge is 2.27. The zero-order chi connectivity index (χ0) is 18.1. The molecule has 1 atom stereocenters. The summed E-state index contributed by atoms with van der Waals surface area (Å²) in [7, 11) is 1.86. The molecule has 0 spiro atoms. The molecule has 0 unspecified atom stereocenters. The molecule has 1 aliphatic heterocycles. The Balaban J connectivity index is 1.44. The highest BCUT2D eigenvalue weighted by molar-refractivity contribution is 7.99. The van der Waals surface area contributed by atoms with Crippen molar-refractivity contribution in [3.8, 4) is 11.5 Å². The number of carbonyl (C=O) groups is 1. The number of ether oxygens (including phenoxy) is 2. The lowest BCUT2D eigenvalue weighted by Crippen LogP contribution is -2.24. The van der Waals surface area contributed by atoms with Crippen molar-refractivity contribution in [2.24, 2.45) is 7.05 Å². The fraction of sp³-hybridized carbons (Fsp3) is 0.235. The van der Waals surface area contributed by atoms with Crippen LogP contribution in [0.25, 0.3) is 0 Å². The van der Waals surface area contributed by atoms with Crippen molar-refractivity contribution in [2.45, 2.75) is 11.3 Å². The van der Waals surface area contributed by atoms with Gasteiger partial charge in [-0.15, -0.1) is 21.5 Å². The maximum absolute atomic E-state index is 12.2. The number of fused-ring (bicyclic) bond motifs is 1. The molecule has 0 radical (unpaired) electrons. The summed E-state index contributed by atoms with van der Waals surface area (Å²) in [4.78, 5) is 12.9. The molecule has 0 aliphatic carbocycles. The first-order valence-corrected chi connectivity index (χ1v) is 9.99. The number of nitrogens with zero attached hydrogens (tertiary/aromatic N) is 3. The molecule has 0 amide bonds. The van der Waals surface area contributed by atoms with Crippen LogP contribution in [-0.2, 0) is 7.05 Å². The Hall–Kier alpha value is -2.03. The van der Waals surface area contributed by atoms with Crippen molar-refractivity contribution in [3.63, 3.8) is 0 Å². The van der Waals surface area contributed by atoms with E-state index in [0.29, 0.717) is 32.6 Å². The number of benzene rings is 1. The van der Waals surface area contributed by atoms with Gasteiger partial charge >= 0.3 is 0 Å². The van der Waals surface area contributed by atoms with Crippen LogP contribution in [0.2, 0.25) is 4.34 Å². The molecule has 0 saturated heterocycles. The van der Waals surface area contributed by atoms with Crippen molar-refractivity contribution in [1.29, 1.82) is 0 Å². The molecule has 4 rings (SSSR count). The molecule has 0 fully saturated rings. The number of thioether (sulfide) groups is 1. The largest absolute Gasteiger partial charge is 0.485 e. The molecular weight excluding hydrogens is 394 g/mol. The van der Waals surface area contributed by atoms with Crippen molar-refractivity contribution < 1.29 is 14.3 Å². The summed E-state index contributed by atoms with van der Waals surface area (Å²) in [5.74, 6) is 2.36. The lowest BCUT2D eigenvalue weighted by Gasteiger charge is -2.25. The molecular formula is C17H14ClN3O3S2. The molecule has 134 valence electrons. The number of halogens is 1. The van der Waals surface area contributed by atoms with Crippen LogP contribution in [0, 0.1) is 0 Å². The minimum atomic E-state index is -0.344. The Morgan fingerprint density at radius 2 is 2.12 bits per heavy atom. The summed E-state index contributed by atoms with van der Waals surface area (Å²) in [5, 5.41) is 9.06. The average Bonchev–Trinajstić information content (AvgIpc) is 3.25. The van der Waals surface area contributed by atoms with Gasteiger partial charge in [0.25, 0.3) is 0 Å². The Kier molecular flexibility index (Phi) is 4.88. The Morgan fingerprint density at radius 1 is 1.31 bits per heavy atom. The second-order valence-corrected chi connectivity index (χ2v) is 8.24. The molecule has 3 aromatic rings. The summed E-state index contributed by atoms with van der Waals surface area (Å²) in [6.45, 7) is 0.361. The third-order valence-corrected chi connectivity index (χ3v) is 6.14. The van der Waals surface area contributed by atoms with E-state index in [0.717, 1.165) is 5.75 Å². The molecule has 0 bridgehead atoms. The minimum Gasteiger partial charge on any atom is -0.485 e. The van der Waals surface area contributed by atoms with E-state index in [1.54, 1.807) is 12.1 Å². The topological polar surface area (TPSA) is 66.2 Å². The van der Waals surface area contributed by atoms with Gasteiger partial charge in [-0.25, -0.2) is 0 Å². The lowest BCUT2D eigenvalue weighted by atomic mass is 10.2. The fourth-order valence-electron chi connectivity index (χ4n) is 2.54. The molecule has 9 heteroatoms. The van der Waals surface area contributed by atoms with Crippen molar-refractivity contribution in [3.05, 3.63) is 51.4 Å². The maximum Gasteiger partial charge on any atom is 0.192 e. The van der Waals surface area contributed by atoms with Crippen LogP contribution in [0.15, 0.2) is 41.6 Å². The molecule has 26 heavy (non-hydrogen) atoms. The van der Waals surface area contributed by atoms with E-state index in [1.807, 2.05) is 35.9 Å². The Morgan fingerprint density at radius 3 is 2.88 bits per heavy atom. The summed E-state index contributed by atoms with van der Waals surface area (Å²) in [6.07, 6.45) is -0.344. The minimum absolute atomic E-state index is 0.0163. The monoisotopic (exact) mass is 407 g/mol. The highest BCUT2D eigenvalue weighted by Crippen LogP contribution is 2.35. The second-order valence-electron chi connectivity index (χ2n) is 5.58. The van der Waals surface area contributed by atoms with Crippen molar-refractivity contribution in [2.75, 3.05) is 12.4 Å². The SMILES string of the molecule is Cn1c(SCC(=O)c2ccc(Cl)s2)nnc1[C@H]1COc2ccccc2O1. The number of rotatable bonds is 5. The zero-order valence-electron chi connectivity index (χ0n) is 13.7. The molecule has 1 aromatic carbocycles. The van der Waals surface area contributed by atoms with E-state index in [9.17, 15) is 4.79 Å². The number of para-hydroxylation sites is 2. The Labute approximate surface area is 163 Å². The predicted molar refractivity (Wildman–Crippen MR) is 101 cm³/mol. The third kappa shape index (κ3) is 3.44. The molecule has 0 N–H and O–H groups in total. The first kappa shape index (κ1) is 17.4. The van der Waals surface area contributed by atoms with Gasteiger partial charge in [0.2, 0.25) is 0 Å². The predicted octanol–water partition coefficient (Wildman–Crippen LogP) is 4.02. The van der Waals surface area contributed by atoms with E-state index in [-0.39, 0.29) is 17.6 Å². The van der Waals surface area contributed by atoms with Crippen LogP contribution in [0.3, 0.4) is 0 Å². The van der Waals surface area contributed by atoms with Gasteiger partial charge < -0.3 is 14.0 Å². The van der Waals surface area contributed by atoms with Gasteiger partial charge in [-0.2, -0.15) is 0 Å². The zero-order valence-corrected chi connectivity index (χ0v) is 16.1. The van der Waals surface area contributed by atoms with Gasteiger partial charge in [0.05, 0.1) is 15.0 Å². The van der Waals surface area contributed by atoms with Crippen LogP contribution in [0.1, 0.15) is 21.6 Å². The molecule has 2 aromatic heterocycles. The first-order valence-electron chi connectivity index (χ1n) is 7.81. The summed E-state index contributed by atoms with van der Waals surface area (Å²) in [5.41, 5.74) is 0. The quantitative estimate of drug-likeness (QED) is 0.470. The maximum atomic E-state index is 12.2. The van der Waals surface area contributed by atoms with Gasteiger partial charge in [-0.1, -0.05) is 35.5 Å². The van der Waals surface area contributed by atoms with Crippen LogP contribution >= 0.6 is 34.7 Å². The van der Waals surface area contributed by atoms with Crippen molar-refractivity contribution in [1.82, 2.24) is 14.8 Å². The van der Waals surface area contributed by atoms with E-state index in [4.69, 9.17) is 21.1 Å². The standard InChI is InChI=1S/C17H14ClN3O3S2/c1-21-16(13-8-23-11-4-2-3-5-12(11)24-13)19-20-17(21)25-9-10(22)14-6-7-15(18)26-14/h2-7,13H,8-9H2,1H3/t13-/m1/s1. The lowest BCUT2D eigenvalue weighted by molar-refractivity contribution is 0.0825. The number of aromatic nitrogens is 3. The summed E-state index contributed by atoms with van der Waals surface area (Å²) in [6, 6.07) is 11.0. The number of carbonyl (C=O) groups excluding carboxylic acids is 1. The normalized spacial score (nSPS) is 15.8. The van der Waals surface area contributed by atoms with E-state index in [1.165, 1.54) is 23.1 Å². The van der Waals surface area contributed by atoms with Gasteiger partial charge in [0.15, 0.2) is 34.4 Å². The van der Waals surface area contributed by atoms with Gasteiger partial charge in [-0.05, 0) is 24.3 Å². The average molecular weight is 408 g/mol. The van der Waals surface area contributed by atoms with Crippen molar-refractivity contribution >= 4 is 40.5 Å². The van der Waals surface area contributed by atoms with Crippen LogP contribution in [0.5, 0.6) is 11.5 Å². The number of thiophene rings is 1. The highest BCUT2D eigenvalue weighted by atomic mass is 35.5. The van der Waals surface area contributed by atoms with E-state index in [2.05, 4.69) is 10.2 Å². The van der Waals surface area contributed by atoms with Gasteiger partial charge in [0.1, 0.15) is 6.61 Å². The number of hydrogen-bond acceptors (Lipinski definition) is 7. The van der Waals surface area contributed by atoms with Crippen LogP contribution < -0.4 is 9.47 Å². The molecule has 1 aliphatic rings. The number of hydrogen-bond donors (Lipinski definition) is 0. The fourth-order valence-corrected chi connectivity index (χ4v) is 4.42. The smallest absolute Gasteiger partial charge is 0.192 e. The van der Waals surface area contributed by atoms with E-state index < -0.39 is 0 Å². The van der Waals surface area contributed by atoms with Crippen LogP contribution in [-0.4, -0.2) is 32.9 Å². The summed E-state index contributed by atoms with van der Waals surface area (Å²) >= 11 is 8.50. The summed E-state index contributed by atoms with van der Waals surface area (Å²) < 4.78 is 14.1. The number of ketones is 1. The molecule has 0 saturated carbocycles.